The molecule has 0 aliphatic heterocycles. The van der Waals surface area contributed by atoms with Crippen molar-refractivity contribution in [1.29, 1.82) is 0 Å². The van der Waals surface area contributed by atoms with Crippen molar-refractivity contribution in [2.45, 2.75) is 19.9 Å². The third kappa shape index (κ3) is 2.41. The molecule has 0 aliphatic carbocycles. The Morgan fingerprint density at radius 3 is 2.80 bits per heavy atom. The maximum Gasteiger partial charge on any atom is 0.143 e. The van der Waals surface area contributed by atoms with Crippen LogP contribution in [0.3, 0.4) is 0 Å². The second-order valence-electron chi connectivity index (χ2n) is 3.62. The molecule has 5 heteroatoms. The first kappa shape index (κ1) is 12.3. The summed E-state index contributed by atoms with van der Waals surface area (Å²) in [5.74, 6) is 0.795. The van der Waals surface area contributed by atoms with E-state index in [1.807, 2.05) is 25.8 Å². The minimum atomic E-state index is 0.0248. The highest BCUT2D eigenvalue weighted by Gasteiger charge is 2.15. The van der Waals surface area contributed by atoms with Crippen LogP contribution in [0.5, 0.6) is 0 Å². The van der Waals surface area contributed by atoms with E-state index in [9.17, 15) is 0 Å². The lowest BCUT2D eigenvalue weighted by Crippen LogP contribution is -2.32. The van der Waals surface area contributed by atoms with E-state index in [-0.39, 0.29) is 12.6 Å². The fourth-order valence-electron chi connectivity index (χ4n) is 1.16. The Balaban J connectivity index is 3.10. The average Bonchev–Trinajstić information content (AvgIpc) is 2.24. The first-order chi connectivity index (χ1) is 6.99. The summed E-state index contributed by atoms with van der Waals surface area (Å²) < 4.78 is 0.880. The van der Waals surface area contributed by atoms with Gasteiger partial charge in [-0.05, 0) is 35.3 Å². The predicted octanol–water partition coefficient (Wildman–Crippen LogP) is 1.55. The SMILES string of the molecule is Cc1c(N)cnc(N(C)C(C)CO)c1Br. The van der Waals surface area contributed by atoms with Crippen molar-refractivity contribution in [3.05, 3.63) is 16.2 Å². The number of aliphatic hydroxyl groups excluding tert-OH is 1. The zero-order chi connectivity index (χ0) is 11.6. The number of pyridine rings is 1. The highest BCUT2D eigenvalue weighted by atomic mass is 79.9. The number of nitrogens with two attached hydrogens (primary N) is 1. The van der Waals surface area contributed by atoms with E-state index in [0.717, 1.165) is 15.9 Å². The van der Waals surface area contributed by atoms with Crippen molar-refractivity contribution in [2.24, 2.45) is 0 Å². The zero-order valence-electron chi connectivity index (χ0n) is 9.16. The number of hydrogen-bond acceptors (Lipinski definition) is 4. The van der Waals surface area contributed by atoms with E-state index in [4.69, 9.17) is 10.8 Å². The van der Waals surface area contributed by atoms with Gasteiger partial charge >= 0.3 is 0 Å². The molecule has 1 rings (SSSR count). The maximum absolute atomic E-state index is 9.07. The van der Waals surface area contributed by atoms with Gasteiger partial charge in [-0.2, -0.15) is 0 Å². The number of likely N-dealkylation sites (N-methyl/N-ethyl adjacent to an activating group) is 1. The quantitative estimate of drug-likeness (QED) is 0.878. The molecule has 0 saturated heterocycles. The predicted molar refractivity (Wildman–Crippen MR) is 66.0 cm³/mol. The van der Waals surface area contributed by atoms with Crippen LogP contribution in [0.25, 0.3) is 0 Å². The van der Waals surface area contributed by atoms with Gasteiger partial charge in [0.25, 0.3) is 0 Å². The maximum atomic E-state index is 9.07. The fourth-order valence-corrected chi connectivity index (χ4v) is 1.77. The van der Waals surface area contributed by atoms with Gasteiger partial charge in [0.1, 0.15) is 5.82 Å². The van der Waals surface area contributed by atoms with Crippen molar-refractivity contribution in [1.82, 2.24) is 4.98 Å². The van der Waals surface area contributed by atoms with Gasteiger partial charge in [0, 0.05) is 7.05 Å². The molecule has 1 heterocycles. The standard InChI is InChI=1S/C10H16BrN3O/c1-6(5-15)14(3)10-9(11)7(2)8(12)4-13-10/h4,6,15H,5,12H2,1-3H3. The molecule has 0 aromatic carbocycles. The lowest BCUT2D eigenvalue weighted by Gasteiger charge is -2.26. The Hall–Kier alpha value is -0.810. The smallest absolute Gasteiger partial charge is 0.143 e. The Morgan fingerprint density at radius 1 is 1.67 bits per heavy atom. The van der Waals surface area contributed by atoms with Gasteiger partial charge in [0.2, 0.25) is 0 Å². The number of anilines is 2. The second kappa shape index (κ2) is 4.81. The zero-order valence-corrected chi connectivity index (χ0v) is 10.7. The molecule has 0 bridgehead atoms. The number of nitrogens with zero attached hydrogens (tertiary/aromatic N) is 2. The molecule has 15 heavy (non-hydrogen) atoms. The molecule has 0 fully saturated rings. The summed E-state index contributed by atoms with van der Waals surface area (Å²) in [6.45, 7) is 3.95. The summed E-state index contributed by atoms with van der Waals surface area (Å²) in [6.07, 6.45) is 1.63. The first-order valence-corrected chi connectivity index (χ1v) is 5.52. The molecule has 0 spiro atoms. The van der Waals surface area contributed by atoms with E-state index in [2.05, 4.69) is 20.9 Å². The van der Waals surface area contributed by atoms with Crippen molar-refractivity contribution in [3.8, 4) is 0 Å². The summed E-state index contributed by atoms with van der Waals surface area (Å²) in [5.41, 5.74) is 7.37. The van der Waals surface area contributed by atoms with Gasteiger partial charge in [-0.15, -0.1) is 0 Å². The third-order valence-corrected chi connectivity index (χ3v) is 3.49. The average molecular weight is 274 g/mol. The molecule has 1 unspecified atom stereocenters. The van der Waals surface area contributed by atoms with Crippen LogP contribution in [-0.2, 0) is 0 Å². The molecule has 1 aromatic rings. The summed E-state index contributed by atoms with van der Waals surface area (Å²) in [7, 11) is 1.89. The molecular weight excluding hydrogens is 258 g/mol. The number of halogens is 1. The van der Waals surface area contributed by atoms with Crippen LogP contribution < -0.4 is 10.6 Å². The number of rotatable bonds is 3. The van der Waals surface area contributed by atoms with Gasteiger partial charge in [0.15, 0.2) is 0 Å². The molecular formula is C10H16BrN3O. The molecule has 84 valence electrons. The van der Waals surface area contributed by atoms with Crippen LogP contribution in [0.15, 0.2) is 10.7 Å². The molecule has 0 aliphatic rings. The molecule has 3 N–H and O–H groups in total. The summed E-state index contributed by atoms with van der Waals surface area (Å²) in [6, 6.07) is 0.0248. The third-order valence-electron chi connectivity index (χ3n) is 2.54. The number of hydrogen-bond donors (Lipinski definition) is 2. The Bertz CT molecular complexity index is 357. The van der Waals surface area contributed by atoms with Crippen LogP contribution in [0.4, 0.5) is 11.5 Å². The van der Waals surface area contributed by atoms with Crippen LogP contribution in [-0.4, -0.2) is 29.8 Å². The van der Waals surface area contributed by atoms with Gasteiger partial charge in [-0.1, -0.05) is 0 Å². The summed E-state index contributed by atoms with van der Waals surface area (Å²) >= 11 is 3.46. The van der Waals surface area contributed by atoms with Crippen molar-refractivity contribution in [3.63, 3.8) is 0 Å². The minimum absolute atomic E-state index is 0.0248. The van der Waals surface area contributed by atoms with Gasteiger partial charge in [-0.25, -0.2) is 4.98 Å². The Kier molecular flexibility index (Phi) is 3.93. The van der Waals surface area contributed by atoms with E-state index >= 15 is 0 Å². The second-order valence-corrected chi connectivity index (χ2v) is 4.41. The molecule has 1 atom stereocenters. The largest absolute Gasteiger partial charge is 0.397 e. The Morgan fingerprint density at radius 2 is 2.27 bits per heavy atom. The van der Waals surface area contributed by atoms with Gasteiger partial charge in [-0.3, -0.25) is 0 Å². The van der Waals surface area contributed by atoms with Crippen LogP contribution in [0.2, 0.25) is 0 Å². The lowest BCUT2D eigenvalue weighted by molar-refractivity contribution is 0.269. The fraction of sp³-hybridized carbons (Fsp3) is 0.500. The number of aliphatic hydroxyl groups is 1. The van der Waals surface area contributed by atoms with Crippen molar-refractivity contribution >= 4 is 27.4 Å². The molecule has 0 saturated carbocycles. The van der Waals surface area contributed by atoms with Crippen LogP contribution in [0, 0.1) is 6.92 Å². The highest BCUT2D eigenvalue weighted by molar-refractivity contribution is 9.10. The van der Waals surface area contributed by atoms with Crippen LogP contribution in [0.1, 0.15) is 12.5 Å². The number of aromatic nitrogens is 1. The van der Waals surface area contributed by atoms with Gasteiger partial charge in [0.05, 0.1) is 29.0 Å². The van der Waals surface area contributed by atoms with Gasteiger partial charge < -0.3 is 15.7 Å². The summed E-state index contributed by atoms with van der Waals surface area (Å²) in [4.78, 5) is 6.16. The first-order valence-electron chi connectivity index (χ1n) is 4.73. The number of nitrogen functional groups attached to an aromatic ring is 1. The lowest BCUT2D eigenvalue weighted by atomic mass is 10.2. The molecule has 4 nitrogen and oxygen atoms in total. The molecule has 0 amide bonds. The molecule has 0 radical (unpaired) electrons. The van der Waals surface area contributed by atoms with Crippen molar-refractivity contribution in [2.75, 3.05) is 24.3 Å². The molecule has 1 aromatic heterocycles. The van der Waals surface area contributed by atoms with E-state index in [0.29, 0.717) is 5.69 Å². The minimum Gasteiger partial charge on any atom is -0.397 e. The van der Waals surface area contributed by atoms with E-state index in [1.54, 1.807) is 6.20 Å². The van der Waals surface area contributed by atoms with E-state index < -0.39 is 0 Å². The normalized spacial score (nSPS) is 12.6. The highest BCUT2D eigenvalue weighted by Crippen LogP contribution is 2.30. The topological polar surface area (TPSA) is 62.4 Å². The monoisotopic (exact) mass is 273 g/mol. The Labute approximate surface area is 98.2 Å². The van der Waals surface area contributed by atoms with Crippen molar-refractivity contribution < 1.29 is 5.11 Å². The summed E-state index contributed by atoms with van der Waals surface area (Å²) in [5, 5.41) is 9.07. The van der Waals surface area contributed by atoms with E-state index in [1.165, 1.54) is 0 Å². The van der Waals surface area contributed by atoms with Crippen LogP contribution >= 0.6 is 15.9 Å².